The standard InChI is InChI=1S/C34H66N16O9/c1-18(45-27(53)20(37)9-7-15-43-33(39)40)26(52)47-21(10-3-5-13-35)29(55)48-22(11-4-6-14-36)30(56)50-24(17-25(38)51)31(57)49-23(12-8-16-44-34(41)42)28(54)46-19(2)32(58)59/h18-24H,3-17,35-37H2,1-2H3,(H2,38,51)(H,45,53)(H,46,54)(H,47,52)(H,48,55)(H,49,57)(H,50,56)(H,58,59)(H4,39,40,43)(H4,41,42,44)/t18-,19-,20-,21-,22-,23-,24-/m0/s1. The van der Waals surface area contributed by atoms with Gasteiger partial charge in [-0.1, -0.05) is 0 Å². The second-order valence-corrected chi connectivity index (χ2v) is 13.8. The summed E-state index contributed by atoms with van der Waals surface area (Å²) in [6, 6.07) is -8.98. The Balaban J connectivity index is 6.18. The number of guanidine groups is 2. The summed E-state index contributed by atoms with van der Waals surface area (Å²) in [5.74, 6) is -7.61. The Hall–Kier alpha value is -5.82. The summed E-state index contributed by atoms with van der Waals surface area (Å²) >= 11 is 0. The van der Waals surface area contributed by atoms with E-state index in [9.17, 15) is 43.5 Å². The molecule has 0 aliphatic rings. The highest BCUT2D eigenvalue weighted by Gasteiger charge is 2.33. The zero-order valence-corrected chi connectivity index (χ0v) is 33.9. The lowest BCUT2D eigenvalue weighted by atomic mass is 10.0. The molecular formula is C34H66N16O9. The summed E-state index contributed by atoms with van der Waals surface area (Å²) in [6.45, 7) is 3.45. The molecule has 7 atom stereocenters. The Kier molecular flexibility index (Phi) is 26.5. The minimum Gasteiger partial charge on any atom is -0.480 e. The van der Waals surface area contributed by atoms with Crippen molar-refractivity contribution in [3.05, 3.63) is 0 Å². The molecule has 0 aliphatic heterocycles. The molecule has 336 valence electrons. The second-order valence-electron chi connectivity index (χ2n) is 13.8. The largest absolute Gasteiger partial charge is 0.480 e. The van der Waals surface area contributed by atoms with Gasteiger partial charge in [-0.3, -0.25) is 48.3 Å². The topological polar surface area (TPSA) is 462 Å². The van der Waals surface area contributed by atoms with Crippen LogP contribution < -0.4 is 77.8 Å². The first kappa shape index (κ1) is 53.2. The third-order valence-electron chi connectivity index (χ3n) is 8.56. The number of carbonyl (C=O) groups is 8. The predicted molar refractivity (Wildman–Crippen MR) is 218 cm³/mol. The normalized spacial score (nSPS) is 14.3. The fourth-order valence-corrected chi connectivity index (χ4v) is 5.23. The van der Waals surface area contributed by atoms with Crippen molar-refractivity contribution in [2.75, 3.05) is 26.2 Å². The molecule has 0 aromatic heterocycles. The van der Waals surface area contributed by atoms with Crippen molar-refractivity contribution in [1.29, 1.82) is 0 Å². The lowest BCUT2D eigenvalue weighted by Crippen LogP contribution is -2.60. The zero-order chi connectivity index (χ0) is 45.1. The Labute approximate surface area is 343 Å². The maximum absolute atomic E-state index is 13.8. The fraction of sp³-hybridized carbons (Fsp3) is 0.706. The molecule has 0 aromatic rings. The number of amides is 7. The Bertz CT molecular complexity index is 1460. The molecule has 0 unspecified atom stereocenters. The van der Waals surface area contributed by atoms with E-state index in [2.05, 4.69) is 41.9 Å². The van der Waals surface area contributed by atoms with E-state index in [1.807, 2.05) is 0 Å². The average molecular weight is 843 g/mol. The van der Waals surface area contributed by atoms with Crippen molar-refractivity contribution < 1.29 is 43.5 Å². The van der Waals surface area contributed by atoms with Crippen LogP contribution in [0.15, 0.2) is 9.98 Å². The number of hydrogen-bond donors (Lipinski definition) is 15. The molecule has 0 spiro atoms. The van der Waals surface area contributed by atoms with E-state index >= 15 is 0 Å². The van der Waals surface area contributed by atoms with Crippen molar-refractivity contribution in [2.24, 2.45) is 55.9 Å². The van der Waals surface area contributed by atoms with Crippen molar-refractivity contribution in [3.8, 4) is 0 Å². The molecule has 0 aromatic carbocycles. The van der Waals surface area contributed by atoms with Gasteiger partial charge in [-0.2, -0.15) is 0 Å². The number of nitrogens with one attached hydrogen (secondary N) is 6. The van der Waals surface area contributed by atoms with Gasteiger partial charge in [0.25, 0.3) is 0 Å². The number of unbranched alkanes of at least 4 members (excludes halogenated alkanes) is 2. The highest BCUT2D eigenvalue weighted by Crippen LogP contribution is 2.08. The fourth-order valence-electron chi connectivity index (χ4n) is 5.23. The van der Waals surface area contributed by atoms with Gasteiger partial charge in [0, 0.05) is 13.1 Å². The number of nitrogens with zero attached hydrogens (tertiary/aromatic N) is 2. The Morgan fingerprint density at radius 1 is 0.492 bits per heavy atom. The number of primary amides is 1. The van der Waals surface area contributed by atoms with Crippen molar-refractivity contribution in [3.63, 3.8) is 0 Å². The SMILES string of the molecule is C[C@H](NC(=O)[C@H](CCCN=C(N)N)NC(=O)[C@H](CC(N)=O)NC(=O)[C@H](CCCCN)NC(=O)[C@H](CCCCN)NC(=O)[C@H](C)NC(=O)[C@@H](N)CCCN=C(N)N)C(=O)O. The van der Waals surface area contributed by atoms with Gasteiger partial charge in [0.05, 0.1) is 12.5 Å². The first-order chi connectivity index (χ1) is 27.7. The van der Waals surface area contributed by atoms with Crippen LogP contribution in [-0.2, 0) is 38.4 Å². The molecule has 0 heterocycles. The van der Waals surface area contributed by atoms with Gasteiger partial charge in [-0.15, -0.1) is 0 Å². The number of carboxylic acids is 1. The molecule has 0 saturated carbocycles. The number of nitrogens with two attached hydrogens (primary N) is 8. The highest BCUT2D eigenvalue weighted by molar-refractivity contribution is 5.98. The molecule has 25 nitrogen and oxygen atoms in total. The first-order valence-electron chi connectivity index (χ1n) is 19.3. The van der Waals surface area contributed by atoms with Crippen LogP contribution in [0.3, 0.4) is 0 Å². The number of carbonyl (C=O) groups excluding carboxylic acids is 7. The van der Waals surface area contributed by atoms with Crippen LogP contribution in [-0.4, -0.2) is 133 Å². The first-order valence-corrected chi connectivity index (χ1v) is 19.3. The van der Waals surface area contributed by atoms with E-state index in [1.54, 1.807) is 0 Å². The average Bonchev–Trinajstić information content (AvgIpc) is 3.15. The number of rotatable bonds is 31. The zero-order valence-electron chi connectivity index (χ0n) is 33.9. The van der Waals surface area contributed by atoms with E-state index in [0.29, 0.717) is 38.6 Å². The summed E-state index contributed by atoms with van der Waals surface area (Å²) in [6.07, 6.45) is 1.75. The number of carboxylic acid groups (broad SMARTS) is 1. The Morgan fingerprint density at radius 2 is 0.864 bits per heavy atom. The molecule has 25 heteroatoms. The van der Waals surface area contributed by atoms with Crippen LogP contribution in [0.2, 0.25) is 0 Å². The molecule has 59 heavy (non-hydrogen) atoms. The maximum Gasteiger partial charge on any atom is 0.325 e. The third-order valence-corrected chi connectivity index (χ3v) is 8.56. The van der Waals surface area contributed by atoms with E-state index in [4.69, 9.17) is 45.9 Å². The van der Waals surface area contributed by atoms with Gasteiger partial charge in [0.15, 0.2) is 11.9 Å². The molecular weight excluding hydrogens is 776 g/mol. The summed E-state index contributed by atoms with van der Waals surface area (Å²) in [5, 5.41) is 24.0. The summed E-state index contributed by atoms with van der Waals surface area (Å²) in [7, 11) is 0. The van der Waals surface area contributed by atoms with Crippen LogP contribution in [0.1, 0.15) is 84.5 Å². The van der Waals surface area contributed by atoms with E-state index < -0.39 is 96.0 Å². The molecule has 23 N–H and O–H groups in total. The number of aliphatic imine (C=N–C) groups is 2. The number of hydrogen-bond acceptors (Lipinski definition) is 13. The molecule has 7 amide bonds. The van der Waals surface area contributed by atoms with E-state index in [1.165, 1.54) is 13.8 Å². The minimum absolute atomic E-state index is 0.0135. The van der Waals surface area contributed by atoms with Gasteiger partial charge in [-0.05, 0) is 91.1 Å². The molecule has 0 saturated heterocycles. The quantitative estimate of drug-likeness (QED) is 0.0175. The Morgan fingerprint density at radius 3 is 1.29 bits per heavy atom. The monoisotopic (exact) mass is 843 g/mol. The third kappa shape index (κ3) is 23.9. The highest BCUT2D eigenvalue weighted by atomic mass is 16.4. The van der Waals surface area contributed by atoms with Crippen LogP contribution in [0, 0.1) is 0 Å². The second kappa shape index (κ2) is 29.4. The van der Waals surface area contributed by atoms with Crippen LogP contribution in [0.5, 0.6) is 0 Å². The van der Waals surface area contributed by atoms with Gasteiger partial charge in [0.2, 0.25) is 41.4 Å². The summed E-state index contributed by atoms with van der Waals surface area (Å²) in [5.41, 5.74) is 43.9. The summed E-state index contributed by atoms with van der Waals surface area (Å²) in [4.78, 5) is 111. The molecule has 0 radical (unpaired) electrons. The van der Waals surface area contributed by atoms with Crippen LogP contribution in [0.25, 0.3) is 0 Å². The summed E-state index contributed by atoms with van der Waals surface area (Å²) < 4.78 is 0. The van der Waals surface area contributed by atoms with Gasteiger partial charge >= 0.3 is 5.97 Å². The van der Waals surface area contributed by atoms with Gasteiger partial charge in [0.1, 0.15) is 36.3 Å². The predicted octanol–water partition coefficient (Wildman–Crippen LogP) is -6.41. The van der Waals surface area contributed by atoms with E-state index in [-0.39, 0.29) is 63.7 Å². The van der Waals surface area contributed by atoms with Crippen molar-refractivity contribution in [2.45, 2.75) is 127 Å². The number of aliphatic carboxylic acids is 1. The van der Waals surface area contributed by atoms with Gasteiger partial charge < -0.3 is 82.9 Å². The lowest BCUT2D eigenvalue weighted by Gasteiger charge is -2.27. The smallest absolute Gasteiger partial charge is 0.325 e. The molecule has 0 bridgehead atoms. The minimum atomic E-state index is -1.65. The maximum atomic E-state index is 13.8. The molecule has 0 aliphatic carbocycles. The van der Waals surface area contributed by atoms with Crippen LogP contribution in [0.4, 0.5) is 0 Å². The van der Waals surface area contributed by atoms with Crippen molar-refractivity contribution >= 4 is 59.2 Å². The molecule has 0 rings (SSSR count). The molecule has 0 fully saturated rings. The van der Waals surface area contributed by atoms with Crippen LogP contribution >= 0.6 is 0 Å². The van der Waals surface area contributed by atoms with Gasteiger partial charge in [-0.25, -0.2) is 0 Å². The van der Waals surface area contributed by atoms with E-state index in [0.717, 1.165) is 0 Å². The lowest BCUT2D eigenvalue weighted by molar-refractivity contribution is -0.142. The van der Waals surface area contributed by atoms with Crippen molar-refractivity contribution in [1.82, 2.24) is 31.9 Å².